The number of nitrogens with zero attached hydrogens (tertiary/aromatic N) is 2. The van der Waals surface area contributed by atoms with Crippen molar-refractivity contribution >= 4 is 29.6 Å². The van der Waals surface area contributed by atoms with Crippen LogP contribution in [0.1, 0.15) is 71.7 Å². The number of esters is 1. The van der Waals surface area contributed by atoms with Gasteiger partial charge in [0.05, 0.1) is 36.9 Å². The maximum atomic E-state index is 16.1. The van der Waals surface area contributed by atoms with Crippen LogP contribution in [0.2, 0.25) is 0 Å². The Morgan fingerprint density at radius 2 is 1.65 bits per heavy atom. The molecule has 62 heavy (non-hydrogen) atoms. The van der Waals surface area contributed by atoms with E-state index in [9.17, 15) is 9.90 Å². The molecule has 3 heterocycles. The monoisotopic (exact) mass is 835 g/mol. The number of anilines is 1. The van der Waals surface area contributed by atoms with Gasteiger partial charge in [0.25, 0.3) is 0 Å². The Hall–Kier alpha value is -6.52. The fraction of sp³-hybridized carbons (Fsp3) is 0.320. The minimum Gasteiger partial charge on any atom is -0.491 e. The Labute approximate surface area is 361 Å². The first-order chi connectivity index (χ1) is 30.3. The summed E-state index contributed by atoms with van der Waals surface area (Å²) in [6.45, 7) is 3.65. The smallest absolute Gasteiger partial charge is 0.421 e. The fourth-order valence-electron chi connectivity index (χ4n) is 9.54. The summed E-state index contributed by atoms with van der Waals surface area (Å²) in [5.41, 5.74) is 2.21. The third kappa shape index (κ3) is 7.68. The van der Waals surface area contributed by atoms with Crippen molar-refractivity contribution in [3.05, 3.63) is 155 Å². The summed E-state index contributed by atoms with van der Waals surface area (Å²) in [5, 5.41) is 12.4. The number of cyclic esters (lactones) is 1. The predicted molar refractivity (Wildman–Crippen MR) is 231 cm³/mol. The zero-order valence-electron chi connectivity index (χ0n) is 34.5. The van der Waals surface area contributed by atoms with Gasteiger partial charge in [-0.3, -0.25) is 19.3 Å². The van der Waals surface area contributed by atoms with Crippen LogP contribution in [0.4, 0.5) is 10.5 Å². The fourth-order valence-corrected chi connectivity index (χ4v) is 9.54. The lowest BCUT2D eigenvalue weighted by Gasteiger charge is -2.46. The van der Waals surface area contributed by atoms with Crippen LogP contribution in [0.25, 0.3) is 0 Å². The number of carbonyl (C=O) groups is 4. The van der Waals surface area contributed by atoms with Gasteiger partial charge in [0.1, 0.15) is 36.5 Å². The van der Waals surface area contributed by atoms with Crippen LogP contribution in [-0.2, 0) is 34.0 Å². The first-order valence-corrected chi connectivity index (χ1v) is 21.0. The molecule has 0 aromatic heterocycles. The third-order valence-corrected chi connectivity index (χ3v) is 12.1. The highest BCUT2D eigenvalue weighted by molar-refractivity contribution is 6.23. The molecule has 4 aromatic carbocycles. The molecule has 4 aliphatic rings. The molecule has 6 atom stereocenters. The second-order valence-corrected chi connectivity index (χ2v) is 15.6. The molecule has 1 spiro atoms. The second-order valence-electron chi connectivity index (χ2n) is 15.6. The lowest BCUT2D eigenvalue weighted by Crippen LogP contribution is -2.55. The normalized spacial score (nSPS) is 23.9. The number of carbonyl (C=O) groups excluding carboxylic acids is 4. The highest BCUT2D eigenvalue weighted by Gasteiger charge is 2.75. The number of hydrogen-bond donors (Lipinski definition) is 2. The van der Waals surface area contributed by atoms with E-state index in [0.717, 1.165) is 41.7 Å². The number of allylic oxidation sites excluding steroid dienone is 2. The van der Waals surface area contributed by atoms with Gasteiger partial charge in [-0.1, -0.05) is 96.8 Å². The predicted octanol–water partition coefficient (Wildman–Crippen LogP) is 6.66. The van der Waals surface area contributed by atoms with Crippen molar-refractivity contribution in [3.8, 4) is 17.6 Å². The number of morpholine rings is 1. The molecule has 6 unspecified atom stereocenters. The van der Waals surface area contributed by atoms with Gasteiger partial charge in [0.2, 0.25) is 11.8 Å². The summed E-state index contributed by atoms with van der Waals surface area (Å²) in [5.74, 6) is 3.58. The second kappa shape index (κ2) is 18.6. The summed E-state index contributed by atoms with van der Waals surface area (Å²) in [6, 6.07) is 28.0. The number of benzene rings is 4. The molecule has 3 aliphatic heterocycles. The Morgan fingerprint density at radius 1 is 0.903 bits per heavy atom. The van der Waals surface area contributed by atoms with Crippen molar-refractivity contribution in [1.82, 2.24) is 10.2 Å². The molecule has 0 radical (unpaired) electrons. The quantitative estimate of drug-likeness (QED) is 0.0689. The average Bonchev–Trinajstić information content (AvgIpc) is 3.76. The summed E-state index contributed by atoms with van der Waals surface area (Å²) < 4.78 is 23.1. The molecule has 2 fully saturated rings. The van der Waals surface area contributed by atoms with E-state index in [-0.39, 0.29) is 38.7 Å². The minimum absolute atomic E-state index is 0.0357. The molecule has 2 N–H and O–H groups in total. The Kier molecular flexibility index (Phi) is 12.7. The molecule has 4 aromatic rings. The van der Waals surface area contributed by atoms with Crippen LogP contribution in [0.3, 0.4) is 0 Å². The summed E-state index contributed by atoms with van der Waals surface area (Å²) in [7, 11) is 1.47. The van der Waals surface area contributed by atoms with E-state index in [1.807, 2.05) is 65.6 Å². The van der Waals surface area contributed by atoms with E-state index >= 15 is 14.4 Å². The minimum atomic E-state index is -1.96. The molecule has 3 amide bonds. The van der Waals surface area contributed by atoms with Gasteiger partial charge in [-0.25, -0.2) is 9.69 Å². The van der Waals surface area contributed by atoms with Gasteiger partial charge in [0, 0.05) is 19.2 Å². The van der Waals surface area contributed by atoms with Crippen LogP contribution in [-0.4, -0.2) is 80.0 Å². The topological polar surface area (TPSA) is 144 Å². The van der Waals surface area contributed by atoms with Gasteiger partial charge in [-0.2, -0.15) is 0 Å². The first-order valence-electron chi connectivity index (χ1n) is 21.0. The molecule has 0 saturated carbocycles. The number of fused-ring (bicyclic) bond motifs is 3. The number of rotatable bonds is 12. The number of methoxy groups -OCH3 is 1. The maximum Gasteiger partial charge on any atom is 0.421 e. The number of aliphatic hydroxyl groups is 1. The summed E-state index contributed by atoms with van der Waals surface area (Å²) >= 11 is 0. The van der Waals surface area contributed by atoms with E-state index < -0.39 is 59.4 Å². The number of nitrogens with one attached hydrogen (secondary N) is 1. The standard InChI is InChI=1S/C50H49N3O9/c1-3-27-51-46(55)41-43-47(56)62-44(36-17-11-6-12-18-36)42(35-15-9-5-10-16-35)53(43)45(37-22-24-38(25-23-37)60-29-28-54)50(41)39-32-34(20-19-33-13-7-4-8-14-33)21-26-40(39)52(48(50)57)49(58)61-31-30-59-2/h3,5-6,9-13,15-18,21-26,32,41-45,54H,1,4,7-8,14,27-31H2,2H3,(H,51,55). The molecule has 12 nitrogen and oxygen atoms in total. The van der Waals surface area contributed by atoms with E-state index in [4.69, 9.17) is 18.9 Å². The van der Waals surface area contributed by atoms with Crippen molar-refractivity contribution in [1.29, 1.82) is 0 Å². The molecule has 12 heteroatoms. The lowest BCUT2D eigenvalue weighted by atomic mass is 9.65. The highest BCUT2D eigenvalue weighted by atomic mass is 16.6. The molecule has 0 bridgehead atoms. The van der Waals surface area contributed by atoms with Gasteiger partial charge >= 0.3 is 12.1 Å². The van der Waals surface area contributed by atoms with E-state index in [1.54, 1.807) is 42.5 Å². The van der Waals surface area contributed by atoms with E-state index in [1.165, 1.54) is 13.2 Å². The number of hydrogen-bond acceptors (Lipinski definition) is 10. The number of aliphatic hydroxyl groups excluding tert-OH is 1. The molecule has 318 valence electrons. The Bertz CT molecular complexity index is 2410. The van der Waals surface area contributed by atoms with Crippen molar-refractivity contribution in [2.24, 2.45) is 5.92 Å². The van der Waals surface area contributed by atoms with Crippen molar-refractivity contribution < 1.29 is 43.2 Å². The SMILES string of the molecule is C=CCNC(=O)C1C2C(=O)OC(c3ccccc3)C(c3ccccc3)N2C(c2ccc(OCCO)cc2)C12C(=O)N(C(=O)OCCOC)c1ccc(C#CC3=CCCCC3)cc12. The Morgan fingerprint density at radius 3 is 2.32 bits per heavy atom. The van der Waals surface area contributed by atoms with Gasteiger partial charge in [-0.15, -0.1) is 6.58 Å². The van der Waals surface area contributed by atoms with E-state index in [2.05, 4.69) is 29.8 Å². The first kappa shape index (κ1) is 42.2. The molecule has 2 saturated heterocycles. The summed E-state index contributed by atoms with van der Waals surface area (Å²) in [4.78, 5) is 63.7. The van der Waals surface area contributed by atoms with Crippen LogP contribution in [0.15, 0.2) is 127 Å². The van der Waals surface area contributed by atoms with Crippen molar-refractivity contribution in [3.63, 3.8) is 0 Å². The molecule has 1 aliphatic carbocycles. The number of ether oxygens (including phenoxy) is 4. The van der Waals surface area contributed by atoms with Crippen molar-refractivity contribution in [2.75, 3.05) is 45.0 Å². The zero-order chi connectivity index (χ0) is 43.2. The third-order valence-electron chi connectivity index (χ3n) is 12.1. The van der Waals surface area contributed by atoms with Crippen LogP contribution < -0.4 is 15.0 Å². The summed E-state index contributed by atoms with van der Waals surface area (Å²) in [6.07, 6.45) is 5.77. The van der Waals surface area contributed by atoms with Crippen LogP contribution in [0, 0.1) is 17.8 Å². The maximum absolute atomic E-state index is 16.1. The molecule has 8 rings (SSSR count). The molecular weight excluding hydrogens is 787 g/mol. The largest absolute Gasteiger partial charge is 0.491 e. The van der Waals surface area contributed by atoms with Gasteiger partial charge in [0.15, 0.2) is 0 Å². The van der Waals surface area contributed by atoms with Gasteiger partial charge in [-0.05, 0) is 83.8 Å². The van der Waals surface area contributed by atoms with Crippen molar-refractivity contribution in [2.45, 2.75) is 55.3 Å². The highest BCUT2D eigenvalue weighted by Crippen LogP contribution is 2.66. The zero-order valence-corrected chi connectivity index (χ0v) is 34.5. The average molecular weight is 836 g/mol. The number of amides is 3. The Balaban J connectivity index is 1.44. The van der Waals surface area contributed by atoms with Crippen LogP contribution >= 0.6 is 0 Å². The molecular formula is C50H49N3O9. The van der Waals surface area contributed by atoms with Crippen LogP contribution in [0.5, 0.6) is 5.75 Å². The van der Waals surface area contributed by atoms with Gasteiger partial charge < -0.3 is 29.4 Å². The lowest BCUT2D eigenvalue weighted by molar-refractivity contribution is -0.178. The number of imide groups is 1. The van der Waals surface area contributed by atoms with E-state index in [0.29, 0.717) is 28.0 Å².